The molecule has 6 nitrogen and oxygen atoms in total. The van der Waals surface area contributed by atoms with E-state index in [1.807, 2.05) is 0 Å². The van der Waals surface area contributed by atoms with Gasteiger partial charge in [0.1, 0.15) is 17.2 Å². The van der Waals surface area contributed by atoms with Crippen LogP contribution in [-0.4, -0.2) is 26.9 Å². The summed E-state index contributed by atoms with van der Waals surface area (Å²) < 4.78 is 21.1. The van der Waals surface area contributed by atoms with Gasteiger partial charge in [-0.3, -0.25) is 4.98 Å². The minimum absolute atomic E-state index is 0.106. The number of halogens is 2. The van der Waals surface area contributed by atoms with Crippen molar-refractivity contribution in [1.29, 1.82) is 0 Å². The van der Waals surface area contributed by atoms with Gasteiger partial charge in [0, 0.05) is 54.2 Å². The fraction of sp³-hybridized carbons (Fsp3) is 0.467. The highest BCUT2D eigenvalue weighted by molar-refractivity contribution is 6.38. The van der Waals surface area contributed by atoms with Crippen LogP contribution in [0.5, 0.6) is 5.75 Å². The third-order valence-electron chi connectivity index (χ3n) is 9.12. The maximum absolute atomic E-state index is 6.78. The Labute approximate surface area is 232 Å². The molecule has 8 rings (SSSR count). The van der Waals surface area contributed by atoms with Crippen molar-refractivity contribution in [3.8, 4) is 17.0 Å². The summed E-state index contributed by atoms with van der Waals surface area (Å²) in [6, 6.07) is 8.52. The molecule has 4 fully saturated rings. The molecule has 8 heteroatoms. The molecule has 0 spiro atoms. The van der Waals surface area contributed by atoms with Crippen LogP contribution < -0.4 is 4.74 Å². The second-order valence-electron chi connectivity index (χ2n) is 11.5. The van der Waals surface area contributed by atoms with E-state index in [0.717, 1.165) is 75.0 Å². The Kier molecular flexibility index (Phi) is 5.99. The van der Waals surface area contributed by atoms with Gasteiger partial charge in [0.25, 0.3) is 0 Å². The van der Waals surface area contributed by atoms with Crippen LogP contribution in [0.1, 0.15) is 68.6 Å². The number of benzene rings is 1. The zero-order chi connectivity index (χ0) is 25.9. The van der Waals surface area contributed by atoms with Gasteiger partial charge in [-0.2, -0.15) is 0 Å². The Morgan fingerprint density at radius 3 is 2.47 bits per heavy atom. The van der Waals surface area contributed by atoms with Crippen molar-refractivity contribution >= 4 is 34.1 Å². The van der Waals surface area contributed by atoms with E-state index in [1.54, 1.807) is 12.4 Å². The van der Waals surface area contributed by atoms with Crippen molar-refractivity contribution in [1.82, 2.24) is 14.7 Å². The lowest BCUT2D eigenvalue weighted by atomic mass is 9.59. The van der Waals surface area contributed by atoms with Gasteiger partial charge in [-0.1, -0.05) is 28.4 Å². The molecule has 3 heterocycles. The molecule has 3 aromatic heterocycles. The first-order chi connectivity index (χ1) is 18.4. The third kappa shape index (κ3) is 4.31. The van der Waals surface area contributed by atoms with E-state index in [1.165, 1.54) is 10.9 Å². The number of ether oxygens (including phenoxy) is 2. The van der Waals surface area contributed by atoms with Gasteiger partial charge in [-0.15, -0.1) is 0 Å². The molecule has 4 aliphatic rings. The van der Waals surface area contributed by atoms with Crippen LogP contribution in [-0.2, 0) is 18.4 Å². The summed E-state index contributed by atoms with van der Waals surface area (Å²) in [4.78, 5) is 4.09. The summed E-state index contributed by atoms with van der Waals surface area (Å²) in [5.41, 5.74) is 3.67. The predicted molar refractivity (Wildman–Crippen MR) is 148 cm³/mol. The van der Waals surface area contributed by atoms with Crippen LogP contribution in [0.15, 0.2) is 47.4 Å². The number of fused-ring (bicyclic) bond motifs is 4. The Bertz CT molecular complexity index is 1460. The monoisotopic (exact) mass is 551 g/mol. The van der Waals surface area contributed by atoms with Crippen molar-refractivity contribution < 1.29 is 14.0 Å². The molecule has 0 unspecified atom stereocenters. The van der Waals surface area contributed by atoms with Crippen molar-refractivity contribution in [2.45, 2.75) is 69.5 Å². The van der Waals surface area contributed by atoms with Crippen molar-refractivity contribution in [2.75, 3.05) is 6.61 Å². The van der Waals surface area contributed by atoms with Crippen LogP contribution in [0.25, 0.3) is 22.2 Å². The van der Waals surface area contributed by atoms with Crippen molar-refractivity contribution in [2.24, 2.45) is 12.5 Å². The molecule has 0 saturated heterocycles. The molecular weight excluding hydrogens is 521 g/mol. The topological polar surface area (TPSA) is 62.3 Å². The molecule has 38 heavy (non-hydrogen) atoms. The van der Waals surface area contributed by atoms with Gasteiger partial charge in [0.2, 0.25) is 0 Å². The molecule has 0 aliphatic heterocycles. The quantitative estimate of drug-likeness (QED) is 0.221. The smallest absolute Gasteiger partial charge is 0.145 e. The molecule has 4 aliphatic carbocycles. The Hall–Kier alpha value is -2.54. The third-order valence-corrected chi connectivity index (χ3v) is 9.69. The SMILES string of the molecule is Cn1ccc2ccc(OCC34CCC(OCc5c(-c6c(Cl)cncc6Cl)noc5C5CC5)(CC3)CC4)cc21. The molecule has 4 aromatic rings. The second kappa shape index (κ2) is 9.29. The van der Waals surface area contributed by atoms with E-state index in [0.29, 0.717) is 33.8 Å². The summed E-state index contributed by atoms with van der Waals surface area (Å²) in [7, 11) is 2.07. The highest BCUT2D eigenvalue weighted by Crippen LogP contribution is 2.55. The Morgan fingerprint density at radius 1 is 1.03 bits per heavy atom. The van der Waals surface area contributed by atoms with Crippen LogP contribution >= 0.6 is 23.2 Å². The summed E-state index contributed by atoms with van der Waals surface area (Å²) in [5.74, 6) is 2.28. The zero-order valence-corrected chi connectivity index (χ0v) is 23.0. The molecule has 0 radical (unpaired) electrons. The molecule has 2 bridgehead atoms. The number of aromatic nitrogens is 3. The highest BCUT2D eigenvalue weighted by Gasteiger charge is 2.50. The number of hydrogen-bond donors (Lipinski definition) is 0. The number of aryl methyl sites for hydroxylation is 1. The fourth-order valence-corrected chi connectivity index (χ4v) is 6.96. The van der Waals surface area contributed by atoms with Gasteiger partial charge in [0.05, 0.1) is 34.4 Å². The Balaban J connectivity index is 1.04. The predicted octanol–water partition coefficient (Wildman–Crippen LogP) is 8.10. The van der Waals surface area contributed by atoms with E-state index in [9.17, 15) is 0 Å². The van der Waals surface area contributed by atoms with E-state index in [-0.39, 0.29) is 11.0 Å². The lowest BCUT2D eigenvalue weighted by Gasteiger charge is -2.52. The molecule has 4 saturated carbocycles. The van der Waals surface area contributed by atoms with Crippen LogP contribution in [0.2, 0.25) is 10.0 Å². The summed E-state index contributed by atoms with van der Waals surface area (Å²) in [6.07, 6.45) is 14.0. The standard InChI is InChI=1S/C30H31Cl2N3O3/c1-35-13-6-19-4-5-21(14-25(19)35)36-18-29-7-10-30(11-8-29,12-9-29)37-17-22-27(34-38-28(22)20-2-3-20)26-23(31)15-33-16-24(26)32/h4-6,13-16,20H,2-3,7-12,17-18H2,1H3. The number of pyridine rings is 1. The first kappa shape index (κ1) is 24.5. The molecule has 0 atom stereocenters. The minimum Gasteiger partial charge on any atom is -0.493 e. The summed E-state index contributed by atoms with van der Waals surface area (Å²) >= 11 is 13.0. The maximum atomic E-state index is 6.78. The van der Waals surface area contributed by atoms with Gasteiger partial charge in [-0.05, 0) is 75.0 Å². The van der Waals surface area contributed by atoms with Crippen LogP contribution in [0.3, 0.4) is 0 Å². The maximum Gasteiger partial charge on any atom is 0.145 e. The van der Waals surface area contributed by atoms with E-state index < -0.39 is 0 Å². The fourth-order valence-electron chi connectivity index (χ4n) is 6.42. The molecule has 1 aromatic carbocycles. The number of rotatable bonds is 8. The van der Waals surface area contributed by atoms with Gasteiger partial charge < -0.3 is 18.6 Å². The van der Waals surface area contributed by atoms with E-state index in [2.05, 4.69) is 52.2 Å². The molecular formula is C30H31Cl2N3O3. The van der Waals surface area contributed by atoms with Crippen molar-refractivity contribution in [3.05, 3.63) is 64.2 Å². The van der Waals surface area contributed by atoms with Gasteiger partial charge in [-0.25, -0.2) is 0 Å². The minimum atomic E-state index is -0.106. The van der Waals surface area contributed by atoms with Gasteiger partial charge in [0.15, 0.2) is 0 Å². The van der Waals surface area contributed by atoms with E-state index in [4.69, 9.17) is 37.2 Å². The number of hydrogen-bond acceptors (Lipinski definition) is 5. The lowest BCUT2D eigenvalue weighted by molar-refractivity contribution is -0.150. The molecule has 0 N–H and O–H groups in total. The zero-order valence-electron chi connectivity index (χ0n) is 21.5. The van der Waals surface area contributed by atoms with Crippen LogP contribution in [0, 0.1) is 5.41 Å². The second-order valence-corrected chi connectivity index (χ2v) is 12.3. The van der Waals surface area contributed by atoms with Gasteiger partial charge >= 0.3 is 0 Å². The average molecular weight is 553 g/mol. The largest absolute Gasteiger partial charge is 0.493 e. The Morgan fingerprint density at radius 2 is 1.76 bits per heavy atom. The average Bonchev–Trinajstić information content (AvgIpc) is 3.60. The summed E-state index contributed by atoms with van der Waals surface area (Å²) in [5, 5.41) is 6.59. The van der Waals surface area contributed by atoms with Crippen LogP contribution in [0.4, 0.5) is 0 Å². The lowest BCUT2D eigenvalue weighted by Crippen LogP contribution is -2.49. The first-order valence-electron chi connectivity index (χ1n) is 13.5. The normalized spacial score (nSPS) is 24.8. The van der Waals surface area contributed by atoms with Crippen molar-refractivity contribution in [3.63, 3.8) is 0 Å². The summed E-state index contributed by atoms with van der Waals surface area (Å²) in [6.45, 7) is 1.22. The van der Waals surface area contributed by atoms with E-state index >= 15 is 0 Å². The first-order valence-corrected chi connectivity index (χ1v) is 14.3. The molecule has 0 amide bonds. The highest BCUT2D eigenvalue weighted by atomic mass is 35.5. The number of nitrogens with zero attached hydrogens (tertiary/aromatic N) is 3. The molecule has 198 valence electrons.